The molecule has 8 heteroatoms. The van der Waals surface area contributed by atoms with Gasteiger partial charge in [-0.3, -0.25) is 9.69 Å². The number of thioether (sulfide) groups is 1. The molecular formula is C30H26FN3O2S2. The molecule has 38 heavy (non-hydrogen) atoms. The molecule has 1 amide bonds. The molecular weight excluding hydrogens is 517 g/mol. The zero-order valence-electron chi connectivity index (χ0n) is 20.8. The van der Waals surface area contributed by atoms with Crippen LogP contribution >= 0.6 is 24.0 Å². The first-order valence-corrected chi connectivity index (χ1v) is 13.6. The first-order valence-electron chi connectivity index (χ1n) is 12.4. The number of ether oxygens (including phenoxy) is 1. The summed E-state index contributed by atoms with van der Waals surface area (Å²) in [5.74, 6) is 0.363. The fourth-order valence-electron chi connectivity index (χ4n) is 4.04. The Kier molecular flexibility index (Phi) is 8.00. The van der Waals surface area contributed by atoms with Crippen molar-refractivity contribution < 1.29 is 13.9 Å². The van der Waals surface area contributed by atoms with Crippen molar-refractivity contribution in [2.45, 2.75) is 26.4 Å². The number of halogens is 1. The highest BCUT2D eigenvalue weighted by molar-refractivity contribution is 8.26. The molecule has 0 bridgehead atoms. The standard InChI is InChI=1S/C30H26FN3O2S2/c1-2-3-17-33-29(35)27(38-30(33)37)18-23-19-34(25-7-5-4-6-8-25)32-28(23)22-11-15-26(16-12-22)36-20-21-9-13-24(31)14-10-21/h4-16,18-19H,2-3,17,20H2,1H3/b27-18-. The second kappa shape index (κ2) is 11.8. The topological polar surface area (TPSA) is 47.4 Å². The van der Waals surface area contributed by atoms with Gasteiger partial charge in [0.15, 0.2) is 0 Å². The Balaban J connectivity index is 1.43. The average Bonchev–Trinajstić information content (AvgIpc) is 3.48. The van der Waals surface area contributed by atoms with E-state index in [1.807, 2.05) is 71.6 Å². The molecule has 1 aromatic heterocycles. The van der Waals surface area contributed by atoms with E-state index in [1.54, 1.807) is 17.0 Å². The summed E-state index contributed by atoms with van der Waals surface area (Å²) in [6.45, 7) is 3.07. The molecule has 2 heterocycles. The van der Waals surface area contributed by atoms with Gasteiger partial charge in [0.2, 0.25) is 0 Å². The molecule has 0 spiro atoms. The van der Waals surface area contributed by atoms with Gasteiger partial charge in [-0.1, -0.05) is 67.7 Å². The summed E-state index contributed by atoms with van der Waals surface area (Å²) in [5, 5.41) is 4.87. The Morgan fingerprint density at radius 1 is 1.03 bits per heavy atom. The van der Waals surface area contributed by atoms with E-state index in [4.69, 9.17) is 22.1 Å². The van der Waals surface area contributed by atoms with Crippen LogP contribution in [0.15, 0.2) is 90.0 Å². The number of hydrogen-bond acceptors (Lipinski definition) is 5. The number of rotatable bonds is 9. The second-order valence-electron chi connectivity index (χ2n) is 8.84. The van der Waals surface area contributed by atoms with E-state index in [0.717, 1.165) is 40.9 Å². The largest absolute Gasteiger partial charge is 0.489 e. The number of amides is 1. The number of hydrogen-bond donors (Lipinski definition) is 0. The molecule has 1 fully saturated rings. The minimum atomic E-state index is -0.271. The minimum Gasteiger partial charge on any atom is -0.489 e. The minimum absolute atomic E-state index is 0.0589. The third kappa shape index (κ3) is 5.87. The van der Waals surface area contributed by atoms with E-state index in [1.165, 1.54) is 23.9 Å². The van der Waals surface area contributed by atoms with Gasteiger partial charge in [0, 0.05) is 23.9 Å². The van der Waals surface area contributed by atoms with E-state index in [2.05, 4.69) is 6.92 Å². The van der Waals surface area contributed by atoms with Crippen LogP contribution in [0.1, 0.15) is 30.9 Å². The predicted octanol–water partition coefficient (Wildman–Crippen LogP) is 7.26. The van der Waals surface area contributed by atoms with Crippen LogP contribution in [0, 0.1) is 5.82 Å². The average molecular weight is 544 g/mol. The molecule has 1 aliphatic rings. The van der Waals surface area contributed by atoms with Crippen molar-refractivity contribution >= 4 is 40.3 Å². The van der Waals surface area contributed by atoms with Gasteiger partial charge < -0.3 is 4.74 Å². The number of unbranched alkanes of at least 4 members (excludes halogenated alkanes) is 1. The van der Waals surface area contributed by atoms with Gasteiger partial charge in [-0.2, -0.15) is 5.10 Å². The molecule has 3 aromatic carbocycles. The molecule has 0 aliphatic carbocycles. The number of para-hydroxylation sites is 1. The number of nitrogens with zero attached hydrogens (tertiary/aromatic N) is 3. The highest BCUT2D eigenvalue weighted by atomic mass is 32.2. The lowest BCUT2D eigenvalue weighted by Gasteiger charge is -2.12. The zero-order chi connectivity index (χ0) is 26.5. The van der Waals surface area contributed by atoms with Crippen molar-refractivity contribution in [3.8, 4) is 22.7 Å². The number of aromatic nitrogens is 2. The highest BCUT2D eigenvalue weighted by Crippen LogP contribution is 2.35. The predicted molar refractivity (Wildman–Crippen MR) is 155 cm³/mol. The molecule has 0 N–H and O–H groups in total. The van der Waals surface area contributed by atoms with Crippen LogP contribution in [0.3, 0.4) is 0 Å². The smallest absolute Gasteiger partial charge is 0.266 e. The molecule has 192 valence electrons. The first kappa shape index (κ1) is 25.9. The van der Waals surface area contributed by atoms with E-state index >= 15 is 0 Å². The summed E-state index contributed by atoms with van der Waals surface area (Å²) >= 11 is 6.82. The van der Waals surface area contributed by atoms with Crippen molar-refractivity contribution in [2.75, 3.05) is 6.54 Å². The van der Waals surface area contributed by atoms with Crippen molar-refractivity contribution in [1.82, 2.24) is 14.7 Å². The Morgan fingerprint density at radius 3 is 2.47 bits per heavy atom. The lowest BCUT2D eigenvalue weighted by molar-refractivity contribution is -0.122. The number of carbonyl (C=O) groups is 1. The maximum atomic E-state index is 13.2. The van der Waals surface area contributed by atoms with E-state index in [9.17, 15) is 9.18 Å². The molecule has 5 nitrogen and oxygen atoms in total. The molecule has 5 rings (SSSR count). The Morgan fingerprint density at radius 2 is 1.76 bits per heavy atom. The van der Waals surface area contributed by atoms with Gasteiger partial charge in [0.1, 0.15) is 22.5 Å². The maximum Gasteiger partial charge on any atom is 0.266 e. The van der Waals surface area contributed by atoms with Gasteiger partial charge in [0.25, 0.3) is 5.91 Å². The van der Waals surface area contributed by atoms with Crippen LogP contribution in [0.25, 0.3) is 23.0 Å². The third-order valence-corrected chi connectivity index (χ3v) is 7.48. The summed E-state index contributed by atoms with van der Waals surface area (Å²) in [7, 11) is 0. The number of carbonyl (C=O) groups excluding carboxylic acids is 1. The lowest BCUT2D eigenvalue weighted by Crippen LogP contribution is -2.28. The highest BCUT2D eigenvalue weighted by Gasteiger charge is 2.31. The number of thiocarbonyl (C=S) groups is 1. The van der Waals surface area contributed by atoms with Crippen molar-refractivity contribution in [1.29, 1.82) is 0 Å². The van der Waals surface area contributed by atoms with Crippen LogP contribution in [0.2, 0.25) is 0 Å². The maximum absolute atomic E-state index is 13.2. The molecule has 0 atom stereocenters. The van der Waals surface area contributed by atoms with Crippen molar-refractivity contribution in [3.63, 3.8) is 0 Å². The molecule has 1 aliphatic heterocycles. The summed E-state index contributed by atoms with van der Waals surface area (Å²) in [4.78, 5) is 15.4. The van der Waals surface area contributed by atoms with Gasteiger partial charge >= 0.3 is 0 Å². The third-order valence-electron chi connectivity index (χ3n) is 6.11. The van der Waals surface area contributed by atoms with Crippen LogP contribution < -0.4 is 4.74 Å². The Hall–Kier alpha value is -3.75. The fourth-order valence-corrected chi connectivity index (χ4v) is 5.34. The summed E-state index contributed by atoms with van der Waals surface area (Å²) < 4.78 is 21.4. The molecule has 1 saturated heterocycles. The zero-order valence-corrected chi connectivity index (χ0v) is 22.5. The van der Waals surface area contributed by atoms with Gasteiger partial charge in [0.05, 0.1) is 16.3 Å². The SMILES string of the molecule is CCCCN1C(=O)/C(=C/c2cn(-c3ccccc3)nc2-c2ccc(OCc3ccc(F)cc3)cc2)SC1=S. The van der Waals surface area contributed by atoms with E-state index < -0.39 is 0 Å². The van der Waals surface area contributed by atoms with Crippen LogP contribution in [-0.4, -0.2) is 31.5 Å². The van der Waals surface area contributed by atoms with Crippen LogP contribution in [0.4, 0.5) is 4.39 Å². The lowest BCUT2D eigenvalue weighted by atomic mass is 10.1. The second-order valence-corrected chi connectivity index (χ2v) is 10.5. The summed E-state index contributed by atoms with van der Waals surface area (Å²) in [6, 6.07) is 23.8. The molecule has 0 radical (unpaired) electrons. The van der Waals surface area contributed by atoms with Crippen molar-refractivity contribution in [2.24, 2.45) is 0 Å². The van der Waals surface area contributed by atoms with Gasteiger partial charge in [-0.05, 0) is 66.6 Å². The van der Waals surface area contributed by atoms with E-state index in [0.29, 0.717) is 28.1 Å². The number of benzene rings is 3. The van der Waals surface area contributed by atoms with Gasteiger partial charge in [-0.25, -0.2) is 9.07 Å². The summed E-state index contributed by atoms with van der Waals surface area (Å²) in [5.41, 5.74) is 4.27. The molecule has 0 unspecified atom stereocenters. The van der Waals surface area contributed by atoms with E-state index in [-0.39, 0.29) is 11.7 Å². The molecule has 4 aromatic rings. The Bertz CT molecular complexity index is 1470. The fraction of sp³-hybridized carbons (Fsp3) is 0.167. The first-order chi connectivity index (χ1) is 18.5. The van der Waals surface area contributed by atoms with Crippen molar-refractivity contribution in [3.05, 3.63) is 107 Å². The molecule has 0 saturated carbocycles. The van der Waals surface area contributed by atoms with Crippen LogP contribution in [-0.2, 0) is 11.4 Å². The summed E-state index contributed by atoms with van der Waals surface area (Å²) in [6.07, 6.45) is 5.72. The Labute approximate surface area is 230 Å². The normalized spacial score (nSPS) is 14.5. The van der Waals surface area contributed by atoms with Gasteiger partial charge in [-0.15, -0.1) is 0 Å². The quantitative estimate of drug-likeness (QED) is 0.164. The monoisotopic (exact) mass is 543 g/mol. The van der Waals surface area contributed by atoms with Crippen LogP contribution in [0.5, 0.6) is 5.75 Å².